The van der Waals surface area contributed by atoms with Gasteiger partial charge in [-0.1, -0.05) is 7.43 Å². The average Bonchev–Trinajstić information content (AvgIpc) is 2.53. The van der Waals surface area contributed by atoms with E-state index in [9.17, 15) is 9.59 Å². The topological polar surface area (TPSA) is 164 Å². The molecule has 0 saturated carbocycles. The van der Waals surface area contributed by atoms with Gasteiger partial charge in [0.1, 0.15) is 9.21 Å². The van der Waals surface area contributed by atoms with E-state index in [1.165, 1.54) is 31.6 Å². The Balaban J connectivity index is 0. The summed E-state index contributed by atoms with van der Waals surface area (Å²) in [6, 6.07) is 6.08. The molecule has 27 heavy (non-hydrogen) atoms. The lowest BCUT2D eigenvalue weighted by Crippen LogP contribution is -2.00. The highest BCUT2D eigenvalue weighted by atomic mass is 79.9. The predicted molar refractivity (Wildman–Crippen MR) is 103 cm³/mol. The number of carboxylic acid groups (broad SMARTS) is 1. The molecule has 0 aromatic carbocycles. The maximum absolute atomic E-state index is 10.9. The number of carboxylic acids is 1. The molecule has 2 aromatic heterocycles. The van der Waals surface area contributed by atoms with Gasteiger partial charge in [0, 0.05) is 12.4 Å². The summed E-state index contributed by atoms with van der Waals surface area (Å²) >= 11 is 6.20. The second-order valence-electron chi connectivity index (χ2n) is 3.98. The summed E-state index contributed by atoms with van der Waals surface area (Å²) in [5.41, 5.74) is 0.733. The van der Waals surface area contributed by atoms with Gasteiger partial charge < -0.3 is 9.84 Å². The lowest BCUT2D eigenvalue weighted by molar-refractivity contribution is 0.0599. The number of ether oxygens (including phenoxy) is 1. The zero-order chi connectivity index (χ0) is 20.3. The number of halogens is 2. The van der Waals surface area contributed by atoms with Gasteiger partial charge in [0.25, 0.3) is 0 Å². The SMILES string of the molecule is C.COC(=O)c1ccnc(Br)c1.O=C(O)c1ccnc(Br)c1.O=S(=O)(O)O. The first-order chi connectivity index (χ1) is 11.9. The van der Waals surface area contributed by atoms with Gasteiger partial charge in [-0.25, -0.2) is 19.6 Å². The van der Waals surface area contributed by atoms with Gasteiger partial charge >= 0.3 is 22.3 Å². The number of nitrogens with zero attached hydrogens (tertiary/aromatic N) is 2. The van der Waals surface area contributed by atoms with Gasteiger partial charge in [0.05, 0.1) is 18.2 Å². The lowest BCUT2D eigenvalue weighted by atomic mass is 10.3. The second kappa shape index (κ2) is 13.3. The fraction of sp³-hybridized carbons (Fsp3) is 0.143. The molecule has 0 fully saturated rings. The van der Waals surface area contributed by atoms with Crippen LogP contribution in [0, 0.1) is 0 Å². The lowest BCUT2D eigenvalue weighted by Gasteiger charge is -1.97. The summed E-state index contributed by atoms with van der Waals surface area (Å²) in [7, 11) is -3.32. The number of hydrogen-bond donors (Lipinski definition) is 3. The van der Waals surface area contributed by atoms with Crippen LogP contribution in [0.4, 0.5) is 0 Å². The molecule has 0 amide bonds. The van der Waals surface area contributed by atoms with Crippen molar-refractivity contribution in [3.05, 3.63) is 57.0 Å². The van der Waals surface area contributed by atoms with Crippen molar-refractivity contribution in [1.29, 1.82) is 0 Å². The molecular weight excluding hydrogens is 516 g/mol. The Bertz CT molecular complexity index is 854. The maximum Gasteiger partial charge on any atom is 0.394 e. The number of carbonyl (C=O) groups is 2. The normalized spacial score (nSPS) is 9.37. The minimum atomic E-state index is -4.67. The minimum absolute atomic E-state index is 0. The summed E-state index contributed by atoms with van der Waals surface area (Å²) in [4.78, 5) is 28.8. The van der Waals surface area contributed by atoms with E-state index < -0.39 is 16.4 Å². The number of carbonyl (C=O) groups excluding carboxylic acids is 1. The van der Waals surface area contributed by atoms with Crippen molar-refractivity contribution in [1.82, 2.24) is 9.97 Å². The number of rotatable bonds is 2. The van der Waals surface area contributed by atoms with Crippen molar-refractivity contribution in [2.75, 3.05) is 7.11 Å². The molecule has 0 atom stereocenters. The zero-order valence-corrected chi connectivity index (χ0v) is 16.9. The molecule has 13 heteroatoms. The van der Waals surface area contributed by atoms with Crippen LogP contribution in [0.25, 0.3) is 0 Å². The van der Waals surface area contributed by atoms with Gasteiger partial charge in [-0.05, 0) is 56.1 Å². The molecule has 0 spiro atoms. The molecule has 0 aliphatic rings. The number of pyridine rings is 2. The molecule has 0 saturated heterocycles. The Morgan fingerprint density at radius 3 is 1.67 bits per heavy atom. The van der Waals surface area contributed by atoms with Crippen molar-refractivity contribution in [3.8, 4) is 0 Å². The summed E-state index contributed by atoms with van der Waals surface area (Å²) in [6.07, 6.45) is 2.98. The number of aromatic carboxylic acids is 1. The highest BCUT2D eigenvalue weighted by molar-refractivity contribution is 9.10. The van der Waals surface area contributed by atoms with E-state index in [2.05, 4.69) is 46.6 Å². The third-order valence-corrected chi connectivity index (χ3v) is 2.99. The minimum Gasteiger partial charge on any atom is -0.478 e. The van der Waals surface area contributed by atoms with Crippen LogP contribution in [-0.4, -0.2) is 51.6 Å². The van der Waals surface area contributed by atoms with E-state index in [1.54, 1.807) is 12.1 Å². The van der Waals surface area contributed by atoms with Crippen LogP contribution < -0.4 is 0 Å². The Hall–Kier alpha value is -1.93. The molecule has 0 radical (unpaired) electrons. The number of methoxy groups -OCH3 is 1. The molecule has 0 unspecified atom stereocenters. The van der Waals surface area contributed by atoms with Crippen molar-refractivity contribution in [2.24, 2.45) is 0 Å². The van der Waals surface area contributed by atoms with Gasteiger partial charge in [-0.15, -0.1) is 0 Å². The smallest absolute Gasteiger partial charge is 0.394 e. The van der Waals surface area contributed by atoms with E-state index in [0.29, 0.717) is 14.8 Å². The monoisotopic (exact) mass is 530 g/mol. The van der Waals surface area contributed by atoms with Gasteiger partial charge in [-0.2, -0.15) is 8.42 Å². The Morgan fingerprint density at radius 1 is 1.00 bits per heavy atom. The molecule has 2 rings (SSSR count). The van der Waals surface area contributed by atoms with Crippen LogP contribution in [0.2, 0.25) is 0 Å². The molecule has 0 aliphatic heterocycles. The van der Waals surface area contributed by atoms with Gasteiger partial charge in [-0.3, -0.25) is 9.11 Å². The zero-order valence-electron chi connectivity index (χ0n) is 12.9. The fourth-order valence-corrected chi connectivity index (χ4v) is 1.91. The quantitative estimate of drug-likeness (QED) is 0.297. The van der Waals surface area contributed by atoms with Crippen LogP contribution in [0.15, 0.2) is 45.9 Å². The van der Waals surface area contributed by atoms with Gasteiger partial charge in [0.15, 0.2) is 0 Å². The van der Waals surface area contributed by atoms with Crippen molar-refractivity contribution >= 4 is 54.2 Å². The third kappa shape index (κ3) is 14.9. The largest absolute Gasteiger partial charge is 0.478 e. The molecule has 150 valence electrons. The summed E-state index contributed by atoms with van der Waals surface area (Å²) in [5, 5.41) is 8.46. The van der Waals surface area contributed by atoms with E-state index in [-0.39, 0.29) is 19.0 Å². The van der Waals surface area contributed by atoms with Crippen LogP contribution in [-0.2, 0) is 15.1 Å². The molecule has 3 N–H and O–H groups in total. The van der Waals surface area contributed by atoms with E-state index in [4.69, 9.17) is 22.6 Å². The predicted octanol–water partition coefficient (Wildman–Crippen LogP) is 3.16. The van der Waals surface area contributed by atoms with Crippen LogP contribution in [0.5, 0.6) is 0 Å². The Labute approximate surface area is 172 Å². The summed E-state index contributed by atoms with van der Waals surface area (Å²) in [6.45, 7) is 0. The summed E-state index contributed by atoms with van der Waals surface area (Å²) < 4.78 is 37.2. The molecule has 0 aliphatic carbocycles. The molecule has 0 bridgehead atoms. The number of esters is 1. The van der Waals surface area contributed by atoms with Crippen LogP contribution >= 0.6 is 31.9 Å². The number of hydrogen-bond acceptors (Lipinski definition) is 7. The Kier molecular flexibility index (Phi) is 13.4. The Morgan fingerprint density at radius 2 is 1.37 bits per heavy atom. The average molecular weight is 532 g/mol. The molecule has 2 heterocycles. The number of aromatic nitrogens is 2. The highest BCUT2D eigenvalue weighted by Gasteiger charge is 2.04. The first-order valence-corrected chi connectivity index (χ1v) is 9.17. The first-order valence-electron chi connectivity index (χ1n) is 6.18. The van der Waals surface area contributed by atoms with E-state index >= 15 is 0 Å². The van der Waals surface area contributed by atoms with Crippen LogP contribution in [0.3, 0.4) is 0 Å². The maximum atomic E-state index is 10.9. The standard InChI is InChI=1S/C7H6BrNO2.C6H4BrNO2.CH4.H2O4S/c1-11-7(10)5-2-3-9-6(8)4-5;7-5-3-4(6(9)10)1-2-8-5;;1-5(2,3)4/h2-4H,1H3;1-3H,(H,9,10);1H4;(H2,1,2,3,4). The highest BCUT2D eigenvalue weighted by Crippen LogP contribution is 2.08. The van der Waals surface area contributed by atoms with Crippen molar-refractivity contribution < 1.29 is 37.0 Å². The molecule has 10 nitrogen and oxygen atoms in total. The van der Waals surface area contributed by atoms with Crippen LogP contribution in [0.1, 0.15) is 28.1 Å². The molecule has 2 aromatic rings. The second-order valence-corrected chi connectivity index (χ2v) is 6.50. The first kappa shape index (κ1) is 27.3. The summed E-state index contributed by atoms with van der Waals surface area (Å²) in [5.74, 6) is -1.30. The van der Waals surface area contributed by atoms with E-state index in [0.717, 1.165) is 0 Å². The third-order valence-electron chi connectivity index (χ3n) is 2.12. The van der Waals surface area contributed by atoms with Crippen molar-refractivity contribution in [2.45, 2.75) is 7.43 Å². The molecular formula is C14H16Br2N2O8S. The fourth-order valence-electron chi connectivity index (χ4n) is 1.18. The van der Waals surface area contributed by atoms with E-state index in [1.807, 2.05) is 0 Å². The van der Waals surface area contributed by atoms with Gasteiger partial charge in [0.2, 0.25) is 0 Å². The van der Waals surface area contributed by atoms with Crippen molar-refractivity contribution in [3.63, 3.8) is 0 Å².